The van der Waals surface area contributed by atoms with Gasteiger partial charge in [0.15, 0.2) is 0 Å². The molecule has 0 aliphatic rings. The molecule has 0 aliphatic heterocycles. The number of nitrogens with one attached hydrogen (secondary N) is 1. The average molecular weight is 265 g/mol. The summed E-state index contributed by atoms with van der Waals surface area (Å²) in [5, 5.41) is 3.32. The summed E-state index contributed by atoms with van der Waals surface area (Å²) in [6.07, 6.45) is 2.99. The molecule has 1 aromatic rings. The van der Waals surface area contributed by atoms with Crippen LogP contribution < -0.4 is 5.32 Å². The monoisotopic (exact) mass is 265 g/mol. The van der Waals surface area contributed by atoms with Crippen molar-refractivity contribution in [2.45, 2.75) is 33.7 Å². The molecule has 1 aromatic heterocycles. The third-order valence-corrected chi connectivity index (χ3v) is 2.99. The molecular weight excluding hydrogens is 238 g/mol. The molecule has 0 amide bonds. The van der Waals surface area contributed by atoms with Gasteiger partial charge in [-0.05, 0) is 37.6 Å². The van der Waals surface area contributed by atoms with Gasteiger partial charge >= 0.3 is 0 Å². The number of rotatable bonds is 10. The van der Waals surface area contributed by atoms with Crippen molar-refractivity contribution in [2.24, 2.45) is 0 Å². The van der Waals surface area contributed by atoms with Crippen LogP contribution in [0.15, 0.2) is 18.3 Å². The molecule has 0 spiro atoms. The molecular formula is C15H27N3O. The highest BCUT2D eigenvalue weighted by Gasteiger charge is 2.04. The zero-order chi connectivity index (χ0) is 13.9. The van der Waals surface area contributed by atoms with Gasteiger partial charge in [0.2, 0.25) is 0 Å². The van der Waals surface area contributed by atoms with Crippen LogP contribution in [0.25, 0.3) is 0 Å². The topological polar surface area (TPSA) is 37.4 Å². The predicted molar refractivity (Wildman–Crippen MR) is 80.5 cm³/mol. The smallest absolute Gasteiger partial charge is 0.126 e. The second kappa shape index (κ2) is 9.75. The summed E-state index contributed by atoms with van der Waals surface area (Å²) < 4.78 is 5.41. The highest BCUT2D eigenvalue weighted by Crippen LogP contribution is 2.09. The van der Waals surface area contributed by atoms with Gasteiger partial charge in [0, 0.05) is 32.4 Å². The van der Waals surface area contributed by atoms with Crippen LogP contribution in [0.4, 0.5) is 5.82 Å². The van der Waals surface area contributed by atoms with E-state index in [2.05, 4.69) is 41.2 Å². The highest BCUT2D eigenvalue weighted by atomic mass is 16.5. The molecule has 0 unspecified atom stereocenters. The fourth-order valence-corrected chi connectivity index (χ4v) is 1.87. The van der Waals surface area contributed by atoms with Gasteiger partial charge in [-0.1, -0.05) is 13.8 Å². The lowest BCUT2D eigenvalue weighted by atomic mass is 10.2. The van der Waals surface area contributed by atoms with E-state index >= 15 is 0 Å². The van der Waals surface area contributed by atoms with Crippen LogP contribution in [0.3, 0.4) is 0 Å². The average Bonchev–Trinajstić information content (AvgIpc) is 2.44. The standard InChI is InChI=1S/C15H27N3O/c1-4-8-16-15-12-14(7-9-17-15)13-18(5-2)10-11-19-6-3/h7,9,12H,4-6,8,10-11,13H2,1-3H3,(H,16,17). The van der Waals surface area contributed by atoms with Gasteiger partial charge in [0.05, 0.1) is 6.61 Å². The number of likely N-dealkylation sites (N-methyl/N-ethyl adjacent to an activating group) is 1. The van der Waals surface area contributed by atoms with Crippen molar-refractivity contribution in [1.29, 1.82) is 0 Å². The van der Waals surface area contributed by atoms with E-state index in [0.29, 0.717) is 0 Å². The Balaban J connectivity index is 2.48. The second-order valence-corrected chi connectivity index (χ2v) is 4.54. The predicted octanol–water partition coefficient (Wildman–Crippen LogP) is 2.76. The number of nitrogens with zero attached hydrogens (tertiary/aromatic N) is 2. The molecule has 1 N–H and O–H groups in total. The van der Waals surface area contributed by atoms with E-state index in [1.54, 1.807) is 0 Å². The van der Waals surface area contributed by atoms with Crippen LogP contribution in [0.5, 0.6) is 0 Å². The van der Waals surface area contributed by atoms with E-state index in [0.717, 1.165) is 51.6 Å². The van der Waals surface area contributed by atoms with Gasteiger partial charge in [-0.15, -0.1) is 0 Å². The van der Waals surface area contributed by atoms with E-state index in [1.165, 1.54) is 5.56 Å². The first kappa shape index (κ1) is 15.9. The highest BCUT2D eigenvalue weighted by molar-refractivity contribution is 5.37. The molecule has 0 bridgehead atoms. The fourth-order valence-electron chi connectivity index (χ4n) is 1.87. The Kier molecular flexibility index (Phi) is 8.18. The lowest BCUT2D eigenvalue weighted by Gasteiger charge is -2.20. The molecule has 0 aliphatic carbocycles. The van der Waals surface area contributed by atoms with E-state index in [-0.39, 0.29) is 0 Å². The summed E-state index contributed by atoms with van der Waals surface area (Å²) >= 11 is 0. The zero-order valence-corrected chi connectivity index (χ0v) is 12.5. The first-order valence-electron chi connectivity index (χ1n) is 7.29. The molecule has 0 fully saturated rings. The molecule has 0 atom stereocenters. The molecule has 0 radical (unpaired) electrons. The zero-order valence-electron chi connectivity index (χ0n) is 12.5. The molecule has 1 rings (SSSR count). The first-order chi connectivity index (χ1) is 9.30. The van der Waals surface area contributed by atoms with E-state index in [1.807, 2.05) is 13.1 Å². The number of pyridine rings is 1. The van der Waals surface area contributed by atoms with E-state index < -0.39 is 0 Å². The molecule has 0 saturated carbocycles. The second-order valence-electron chi connectivity index (χ2n) is 4.54. The lowest BCUT2D eigenvalue weighted by Crippen LogP contribution is -2.27. The van der Waals surface area contributed by atoms with Crippen molar-refractivity contribution in [3.63, 3.8) is 0 Å². The SMILES string of the molecule is CCCNc1cc(CN(CC)CCOCC)ccn1. The maximum Gasteiger partial charge on any atom is 0.126 e. The summed E-state index contributed by atoms with van der Waals surface area (Å²) in [4.78, 5) is 6.71. The first-order valence-corrected chi connectivity index (χ1v) is 7.29. The minimum atomic E-state index is 0.790. The van der Waals surface area contributed by atoms with Crippen LogP contribution in [-0.4, -0.2) is 42.7 Å². The van der Waals surface area contributed by atoms with Gasteiger partial charge in [-0.3, -0.25) is 4.90 Å². The largest absolute Gasteiger partial charge is 0.380 e. The fraction of sp³-hybridized carbons (Fsp3) is 0.667. The normalized spacial score (nSPS) is 10.9. The third kappa shape index (κ3) is 6.55. The number of anilines is 1. The quantitative estimate of drug-likeness (QED) is 0.660. The van der Waals surface area contributed by atoms with E-state index in [9.17, 15) is 0 Å². The minimum absolute atomic E-state index is 0.790. The van der Waals surface area contributed by atoms with Crippen molar-refractivity contribution < 1.29 is 4.74 Å². The molecule has 19 heavy (non-hydrogen) atoms. The Bertz CT molecular complexity index is 344. The van der Waals surface area contributed by atoms with Crippen LogP contribution in [0.1, 0.15) is 32.8 Å². The minimum Gasteiger partial charge on any atom is -0.380 e. The summed E-state index contributed by atoms with van der Waals surface area (Å²) in [6.45, 7) is 11.9. The van der Waals surface area contributed by atoms with Crippen LogP contribution in [0, 0.1) is 0 Å². The van der Waals surface area contributed by atoms with Crippen molar-refractivity contribution in [3.8, 4) is 0 Å². The van der Waals surface area contributed by atoms with Crippen molar-refractivity contribution in [3.05, 3.63) is 23.9 Å². The maximum absolute atomic E-state index is 5.41. The number of hydrogen-bond donors (Lipinski definition) is 1. The molecule has 4 nitrogen and oxygen atoms in total. The summed E-state index contributed by atoms with van der Waals surface area (Å²) in [5.41, 5.74) is 1.30. The Morgan fingerprint density at radius 3 is 2.84 bits per heavy atom. The Hall–Kier alpha value is -1.13. The molecule has 108 valence electrons. The van der Waals surface area contributed by atoms with E-state index in [4.69, 9.17) is 4.74 Å². The van der Waals surface area contributed by atoms with Gasteiger partial charge in [0.1, 0.15) is 5.82 Å². The summed E-state index contributed by atoms with van der Waals surface area (Å²) in [6, 6.07) is 4.22. The molecule has 0 aromatic carbocycles. The number of hydrogen-bond acceptors (Lipinski definition) is 4. The van der Waals surface area contributed by atoms with Crippen molar-refractivity contribution in [1.82, 2.24) is 9.88 Å². The van der Waals surface area contributed by atoms with Gasteiger partial charge in [0.25, 0.3) is 0 Å². The van der Waals surface area contributed by atoms with Gasteiger partial charge < -0.3 is 10.1 Å². The Morgan fingerprint density at radius 1 is 1.32 bits per heavy atom. The van der Waals surface area contributed by atoms with Crippen LogP contribution in [0.2, 0.25) is 0 Å². The molecule has 4 heteroatoms. The number of ether oxygens (including phenoxy) is 1. The van der Waals surface area contributed by atoms with Crippen LogP contribution >= 0.6 is 0 Å². The maximum atomic E-state index is 5.41. The lowest BCUT2D eigenvalue weighted by molar-refractivity contribution is 0.113. The van der Waals surface area contributed by atoms with Crippen molar-refractivity contribution >= 4 is 5.82 Å². The Labute approximate surface area is 117 Å². The number of aromatic nitrogens is 1. The van der Waals surface area contributed by atoms with Gasteiger partial charge in [-0.25, -0.2) is 4.98 Å². The molecule has 0 saturated heterocycles. The summed E-state index contributed by atoms with van der Waals surface area (Å²) in [7, 11) is 0. The van der Waals surface area contributed by atoms with Gasteiger partial charge in [-0.2, -0.15) is 0 Å². The molecule has 1 heterocycles. The summed E-state index contributed by atoms with van der Waals surface area (Å²) in [5.74, 6) is 0.972. The third-order valence-electron chi connectivity index (χ3n) is 2.99. The Morgan fingerprint density at radius 2 is 2.16 bits per heavy atom. The van der Waals surface area contributed by atoms with Crippen molar-refractivity contribution in [2.75, 3.05) is 38.2 Å². The van der Waals surface area contributed by atoms with Crippen LogP contribution in [-0.2, 0) is 11.3 Å².